The molecule has 1 rings (SSSR count). The maximum absolute atomic E-state index is 11.6. The van der Waals surface area contributed by atoms with Crippen molar-refractivity contribution in [1.29, 1.82) is 0 Å². The lowest BCUT2D eigenvalue weighted by Crippen LogP contribution is -2.11. The van der Waals surface area contributed by atoms with E-state index in [0.717, 1.165) is 0 Å². The molecule has 96 valence electrons. The maximum Gasteiger partial charge on any atom is 0.341 e. The molecular formula is C12H12O6. The molecule has 0 heterocycles. The van der Waals surface area contributed by atoms with Gasteiger partial charge in [0.05, 0.1) is 14.2 Å². The Kier molecular flexibility index (Phi) is 4.42. The van der Waals surface area contributed by atoms with Crippen molar-refractivity contribution in [3.63, 3.8) is 0 Å². The SMILES string of the molecule is COC(=O)c1cc(C=O)cc(OC)c1OC(C)=O. The third-order valence-corrected chi connectivity index (χ3v) is 2.08. The zero-order valence-electron chi connectivity index (χ0n) is 10.2. The highest BCUT2D eigenvalue weighted by molar-refractivity contribution is 5.96. The molecule has 18 heavy (non-hydrogen) atoms. The molecule has 1 aromatic carbocycles. The first-order valence-corrected chi connectivity index (χ1v) is 4.97. The number of carbonyl (C=O) groups excluding carboxylic acids is 3. The predicted octanol–water partition coefficient (Wildman–Crippen LogP) is 1.22. The van der Waals surface area contributed by atoms with Crippen LogP contribution >= 0.6 is 0 Å². The Balaban J connectivity index is 3.45. The molecular weight excluding hydrogens is 240 g/mol. The second-order valence-electron chi connectivity index (χ2n) is 3.30. The van der Waals surface area contributed by atoms with Gasteiger partial charge in [-0.2, -0.15) is 0 Å². The lowest BCUT2D eigenvalue weighted by molar-refractivity contribution is -0.132. The Morgan fingerprint density at radius 3 is 2.33 bits per heavy atom. The molecule has 0 radical (unpaired) electrons. The number of hydrogen-bond acceptors (Lipinski definition) is 6. The first-order valence-electron chi connectivity index (χ1n) is 4.97. The number of carbonyl (C=O) groups is 3. The summed E-state index contributed by atoms with van der Waals surface area (Å²) in [5.41, 5.74) is 0.164. The quantitative estimate of drug-likeness (QED) is 0.455. The van der Waals surface area contributed by atoms with Crippen LogP contribution in [0.4, 0.5) is 0 Å². The summed E-state index contributed by atoms with van der Waals surface area (Å²) in [4.78, 5) is 33.3. The summed E-state index contributed by atoms with van der Waals surface area (Å²) in [7, 11) is 2.51. The fourth-order valence-electron chi connectivity index (χ4n) is 1.35. The van der Waals surface area contributed by atoms with E-state index in [2.05, 4.69) is 4.74 Å². The van der Waals surface area contributed by atoms with Crippen molar-refractivity contribution < 1.29 is 28.6 Å². The second kappa shape index (κ2) is 5.81. The zero-order chi connectivity index (χ0) is 13.7. The molecule has 0 aliphatic heterocycles. The predicted molar refractivity (Wildman–Crippen MR) is 61.0 cm³/mol. The van der Waals surface area contributed by atoms with Gasteiger partial charge in [-0.05, 0) is 12.1 Å². The van der Waals surface area contributed by atoms with Crippen LogP contribution in [0.15, 0.2) is 12.1 Å². The summed E-state index contributed by atoms with van der Waals surface area (Å²) in [6, 6.07) is 2.62. The average molecular weight is 252 g/mol. The van der Waals surface area contributed by atoms with Crippen LogP contribution < -0.4 is 9.47 Å². The maximum atomic E-state index is 11.6. The molecule has 0 amide bonds. The highest BCUT2D eigenvalue weighted by Crippen LogP contribution is 2.33. The molecule has 0 saturated carbocycles. The van der Waals surface area contributed by atoms with Crippen LogP contribution in [-0.4, -0.2) is 32.4 Å². The van der Waals surface area contributed by atoms with Gasteiger partial charge in [-0.3, -0.25) is 9.59 Å². The summed E-state index contributed by atoms with van der Waals surface area (Å²) in [5.74, 6) is -1.30. The molecule has 0 saturated heterocycles. The van der Waals surface area contributed by atoms with Gasteiger partial charge >= 0.3 is 11.9 Å². The number of rotatable bonds is 4. The third kappa shape index (κ3) is 2.85. The molecule has 0 spiro atoms. The molecule has 0 aromatic heterocycles. The largest absolute Gasteiger partial charge is 0.493 e. The average Bonchev–Trinajstić information content (AvgIpc) is 2.37. The van der Waals surface area contributed by atoms with Gasteiger partial charge in [0.1, 0.15) is 11.8 Å². The van der Waals surface area contributed by atoms with Gasteiger partial charge in [-0.1, -0.05) is 0 Å². The Morgan fingerprint density at radius 1 is 1.22 bits per heavy atom. The van der Waals surface area contributed by atoms with Crippen molar-refractivity contribution >= 4 is 18.2 Å². The van der Waals surface area contributed by atoms with Crippen LogP contribution in [0.3, 0.4) is 0 Å². The van der Waals surface area contributed by atoms with E-state index in [4.69, 9.17) is 9.47 Å². The van der Waals surface area contributed by atoms with E-state index in [1.165, 1.54) is 33.3 Å². The third-order valence-electron chi connectivity index (χ3n) is 2.08. The summed E-state index contributed by atoms with van der Waals surface area (Å²) < 4.78 is 14.4. The summed E-state index contributed by atoms with van der Waals surface area (Å²) in [5, 5.41) is 0. The van der Waals surface area contributed by atoms with Crippen molar-refractivity contribution in [2.24, 2.45) is 0 Å². The van der Waals surface area contributed by atoms with E-state index in [-0.39, 0.29) is 22.6 Å². The number of hydrogen-bond donors (Lipinski definition) is 0. The minimum absolute atomic E-state index is 0.0471. The normalized spacial score (nSPS) is 9.50. The van der Waals surface area contributed by atoms with Gasteiger partial charge in [0.15, 0.2) is 11.5 Å². The molecule has 0 fully saturated rings. The number of aldehydes is 1. The van der Waals surface area contributed by atoms with E-state index in [1.807, 2.05) is 0 Å². The van der Waals surface area contributed by atoms with Crippen molar-refractivity contribution in [2.75, 3.05) is 14.2 Å². The first kappa shape index (κ1) is 13.7. The minimum Gasteiger partial charge on any atom is -0.493 e. The summed E-state index contributed by atoms with van der Waals surface area (Å²) in [6.07, 6.45) is 0.548. The smallest absolute Gasteiger partial charge is 0.341 e. The van der Waals surface area contributed by atoms with E-state index >= 15 is 0 Å². The molecule has 6 nitrogen and oxygen atoms in total. The van der Waals surface area contributed by atoms with Gasteiger partial charge in [-0.15, -0.1) is 0 Å². The Bertz CT molecular complexity index is 492. The monoisotopic (exact) mass is 252 g/mol. The van der Waals surface area contributed by atoms with Crippen molar-refractivity contribution in [1.82, 2.24) is 0 Å². The molecule has 0 unspecified atom stereocenters. The van der Waals surface area contributed by atoms with Crippen molar-refractivity contribution in [3.05, 3.63) is 23.3 Å². The standard InChI is InChI=1S/C12H12O6/c1-7(14)18-11-9(12(15)17-3)4-8(6-13)5-10(11)16-2/h4-6H,1-3H3. The van der Waals surface area contributed by atoms with Gasteiger partial charge in [-0.25, -0.2) is 4.79 Å². The van der Waals surface area contributed by atoms with Crippen LogP contribution in [0.5, 0.6) is 11.5 Å². The lowest BCUT2D eigenvalue weighted by Gasteiger charge is -2.12. The molecule has 0 aliphatic carbocycles. The zero-order valence-corrected chi connectivity index (χ0v) is 10.2. The Morgan fingerprint density at radius 2 is 1.89 bits per heavy atom. The highest BCUT2D eigenvalue weighted by Gasteiger charge is 2.21. The molecule has 6 heteroatoms. The summed E-state index contributed by atoms with van der Waals surface area (Å²) >= 11 is 0. The number of esters is 2. The molecule has 0 aliphatic rings. The first-order chi connectivity index (χ1) is 8.53. The van der Waals surface area contributed by atoms with Crippen molar-refractivity contribution in [2.45, 2.75) is 6.92 Å². The number of ether oxygens (including phenoxy) is 3. The fourth-order valence-corrected chi connectivity index (χ4v) is 1.35. The Labute approximate surface area is 103 Å². The molecule has 0 N–H and O–H groups in total. The molecule has 0 atom stereocenters. The van der Waals surface area contributed by atoms with Crippen LogP contribution in [0.25, 0.3) is 0 Å². The molecule has 1 aromatic rings. The minimum atomic E-state index is -0.728. The van der Waals surface area contributed by atoms with Gasteiger partial charge < -0.3 is 14.2 Å². The van der Waals surface area contributed by atoms with Gasteiger partial charge in [0, 0.05) is 12.5 Å². The van der Waals surface area contributed by atoms with Crippen LogP contribution in [0.2, 0.25) is 0 Å². The van der Waals surface area contributed by atoms with E-state index < -0.39 is 11.9 Å². The summed E-state index contributed by atoms with van der Waals surface area (Å²) in [6.45, 7) is 1.19. The van der Waals surface area contributed by atoms with Crippen LogP contribution in [0, 0.1) is 0 Å². The Hall–Kier alpha value is -2.37. The van der Waals surface area contributed by atoms with Gasteiger partial charge in [0.2, 0.25) is 0 Å². The number of methoxy groups -OCH3 is 2. The van der Waals surface area contributed by atoms with Crippen molar-refractivity contribution in [3.8, 4) is 11.5 Å². The topological polar surface area (TPSA) is 78.9 Å². The van der Waals surface area contributed by atoms with Crippen LogP contribution in [-0.2, 0) is 9.53 Å². The molecule has 0 bridgehead atoms. The van der Waals surface area contributed by atoms with Gasteiger partial charge in [0.25, 0.3) is 0 Å². The van der Waals surface area contributed by atoms with E-state index in [1.54, 1.807) is 0 Å². The lowest BCUT2D eigenvalue weighted by atomic mass is 10.1. The number of benzene rings is 1. The fraction of sp³-hybridized carbons (Fsp3) is 0.250. The van der Waals surface area contributed by atoms with E-state index in [9.17, 15) is 14.4 Å². The van der Waals surface area contributed by atoms with Crippen LogP contribution in [0.1, 0.15) is 27.6 Å². The second-order valence-corrected chi connectivity index (χ2v) is 3.30. The highest BCUT2D eigenvalue weighted by atomic mass is 16.6. The van der Waals surface area contributed by atoms with E-state index in [0.29, 0.717) is 6.29 Å².